The van der Waals surface area contributed by atoms with E-state index in [0.717, 1.165) is 34.4 Å². The number of benzene rings is 3. The van der Waals surface area contributed by atoms with E-state index in [2.05, 4.69) is 39.0 Å². The predicted molar refractivity (Wildman–Crippen MR) is 138 cm³/mol. The zero-order valence-electron chi connectivity index (χ0n) is 19.5. The monoisotopic (exact) mass is 458 g/mol. The Bertz CT molecular complexity index is 1220. The number of aromatic nitrogens is 1. The standard InChI is InChI=1S/C28H30N2O2S/c1-4-5-17-32-23-14-9-13-22(18-23)27(31)30(19-21-11-7-6-8-12-21)28-29-26-24(20(2)3)15-10-16-25(26)33-28/h6-16,18,20H,4-5,17,19H2,1-3H3. The quantitative estimate of drug-likeness (QED) is 0.245. The molecule has 0 atom stereocenters. The summed E-state index contributed by atoms with van der Waals surface area (Å²) in [5.41, 5.74) is 3.84. The second-order valence-corrected chi connectivity index (χ2v) is 9.46. The first kappa shape index (κ1) is 23.0. The second kappa shape index (κ2) is 10.6. The van der Waals surface area contributed by atoms with E-state index in [1.165, 1.54) is 5.56 Å². The van der Waals surface area contributed by atoms with Crippen molar-refractivity contribution in [3.63, 3.8) is 0 Å². The number of unbranched alkanes of at least 4 members (excludes halogenated alkanes) is 1. The van der Waals surface area contributed by atoms with Gasteiger partial charge in [0.05, 0.1) is 23.4 Å². The van der Waals surface area contributed by atoms with Crippen LogP contribution in [0.1, 0.15) is 61.0 Å². The van der Waals surface area contributed by atoms with Gasteiger partial charge in [-0.2, -0.15) is 0 Å². The van der Waals surface area contributed by atoms with Crippen LogP contribution in [0, 0.1) is 0 Å². The van der Waals surface area contributed by atoms with E-state index < -0.39 is 0 Å². The van der Waals surface area contributed by atoms with Crippen molar-refractivity contribution in [3.8, 4) is 5.75 Å². The summed E-state index contributed by atoms with van der Waals surface area (Å²) < 4.78 is 6.94. The molecule has 0 fully saturated rings. The van der Waals surface area contributed by atoms with Gasteiger partial charge in [-0.15, -0.1) is 0 Å². The number of para-hydroxylation sites is 1. The molecule has 0 N–H and O–H groups in total. The highest BCUT2D eigenvalue weighted by atomic mass is 32.1. The van der Waals surface area contributed by atoms with Gasteiger partial charge in [-0.05, 0) is 47.7 Å². The van der Waals surface area contributed by atoms with E-state index in [0.29, 0.717) is 29.8 Å². The van der Waals surface area contributed by atoms with Crippen molar-refractivity contribution in [2.24, 2.45) is 0 Å². The lowest BCUT2D eigenvalue weighted by Gasteiger charge is -2.20. The summed E-state index contributed by atoms with van der Waals surface area (Å²) >= 11 is 1.56. The molecule has 0 aliphatic heterocycles. The molecule has 3 aromatic carbocycles. The maximum atomic E-state index is 13.8. The second-order valence-electron chi connectivity index (χ2n) is 8.45. The minimum atomic E-state index is -0.0788. The van der Waals surface area contributed by atoms with E-state index in [4.69, 9.17) is 9.72 Å². The number of hydrogen-bond donors (Lipinski definition) is 0. The van der Waals surface area contributed by atoms with E-state index in [9.17, 15) is 4.79 Å². The summed E-state index contributed by atoms with van der Waals surface area (Å²) in [6.45, 7) is 7.58. The number of rotatable bonds is 9. The number of carbonyl (C=O) groups is 1. The number of fused-ring (bicyclic) bond motifs is 1. The molecule has 0 unspecified atom stereocenters. The van der Waals surface area contributed by atoms with Crippen LogP contribution < -0.4 is 9.64 Å². The normalized spacial score (nSPS) is 11.2. The van der Waals surface area contributed by atoms with Crippen molar-refractivity contribution >= 4 is 32.6 Å². The van der Waals surface area contributed by atoms with Gasteiger partial charge in [0.25, 0.3) is 5.91 Å². The number of thiazole rings is 1. The molecule has 1 heterocycles. The SMILES string of the molecule is CCCCOc1cccc(C(=O)N(Cc2ccccc2)c2nc3c(C(C)C)cccc3s2)c1. The first-order valence-corrected chi connectivity index (χ1v) is 12.4. The maximum absolute atomic E-state index is 13.8. The van der Waals surface area contributed by atoms with Crippen molar-refractivity contribution in [1.82, 2.24) is 4.98 Å². The fourth-order valence-electron chi connectivity index (χ4n) is 3.74. The third-order valence-electron chi connectivity index (χ3n) is 5.57. The summed E-state index contributed by atoms with van der Waals surface area (Å²) in [6, 6.07) is 23.8. The fraction of sp³-hybridized carbons (Fsp3) is 0.286. The summed E-state index contributed by atoms with van der Waals surface area (Å²) in [5.74, 6) is 1.00. The van der Waals surface area contributed by atoms with Gasteiger partial charge in [0.1, 0.15) is 5.75 Å². The van der Waals surface area contributed by atoms with Crippen LogP contribution in [0.2, 0.25) is 0 Å². The molecule has 4 aromatic rings. The van der Waals surface area contributed by atoms with Gasteiger partial charge >= 0.3 is 0 Å². The zero-order chi connectivity index (χ0) is 23.2. The highest BCUT2D eigenvalue weighted by Crippen LogP contribution is 2.35. The van der Waals surface area contributed by atoms with E-state index in [1.54, 1.807) is 16.2 Å². The average Bonchev–Trinajstić information content (AvgIpc) is 3.27. The topological polar surface area (TPSA) is 42.4 Å². The van der Waals surface area contributed by atoms with Crippen molar-refractivity contribution in [1.29, 1.82) is 0 Å². The fourth-order valence-corrected chi connectivity index (χ4v) is 4.74. The van der Waals surface area contributed by atoms with Crippen molar-refractivity contribution in [3.05, 3.63) is 89.5 Å². The van der Waals surface area contributed by atoms with Crippen molar-refractivity contribution in [2.75, 3.05) is 11.5 Å². The molecule has 0 radical (unpaired) electrons. The molecule has 1 aromatic heterocycles. The number of hydrogen-bond acceptors (Lipinski definition) is 4. The molecule has 4 nitrogen and oxygen atoms in total. The van der Waals surface area contributed by atoms with Crippen LogP contribution in [0.4, 0.5) is 5.13 Å². The Kier molecular flexibility index (Phi) is 7.40. The Morgan fingerprint density at radius 3 is 2.58 bits per heavy atom. The molecule has 0 spiro atoms. The van der Waals surface area contributed by atoms with Crippen LogP contribution >= 0.6 is 11.3 Å². The summed E-state index contributed by atoms with van der Waals surface area (Å²) in [4.78, 5) is 20.5. The molecule has 0 saturated carbocycles. The van der Waals surface area contributed by atoms with Gasteiger partial charge in [-0.1, -0.05) is 87.1 Å². The molecule has 1 amide bonds. The van der Waals surface area contributed by atoms with Gasteiger partial charge in [0, 0.05) is 5.56 Å². The minimum absolute atomic E-state index is 0.0788. The number of amides is 1. The summed E-state index contributed by atoms with van der Waals surface area (Å²) in [5, 5.41) is 0.712. The van der Waals surface area contributed by atoms with Gasteiger partial charge in [-0.25, -0.2) is 4.98 Å². The van der Waals surface area contributed by atoms with Crippen LogP contribution in [0.5, 0.6) is 5.75 Å². The molecule has 5 heteroatoms. The third kappa shape index (κ3) is 5.42. The highest BCUT2D eigenvalue weighted by Gasteiger charge is 2.23. The third-order valence-corrected chi connectivity index (χ3v) is 6.61. The van der Waals surface area contributed by atoms with Crippen LogP contribution in [-0.4, -0.2) is 17.5 Å². The molecule has 0 aliphatic rings. The van der Waals surface area contributed by atoms with Gasteiger partial charge < -0.3 is 4.74 Å². The van der Waals surface area contributed by atoms with Crippen molar-refractivity contribution in [2.45, 2.75) is 46.1 Å². The van der Waals surface area contributed by atoms with Crippen molar-refractivity contribution < 1.29 is 9.53 Å². The van der Waals surface area contributed by atoms with Crippen LogP contribution in [0.3, 0.4) is 0 Å². The number of nitrogens with zero attached hydrogens (tertiary/aromatic N) is 2. The molecule has 0 aliphatic carbocycles. The largest absolute Gasteiger partial charge is 0.494 e. The van der Waals surface area contributed by atoms with E-state index in [1.807, 2.05) is 54.6 Å². The Labute approximate surface area is 199 Å². The summed E-state index contributed by atoms with van der Waals surface area (Å²) in [6.07, 6.45) is 2.06. The molecule has 0 bridgehead atoms. The number of anilines is 1. The molecule has 4 rings (SSSR count). The predicted octanol–water partition coefficient (Wildman–Crippen LogP) is 7.45. The van der Waals surface area contributed by atoms with Gasteiger partial charge in [0.15, 0.2) is 5.13 Å². The highest BCUT2D eigenvalue weighted by molar-refractivity contribution is 7.22. The average molecular weight is 459 g/mol. The number of ether oxygens (including phenoxy) is 1. The zero-order valence-corrected chi connectivity index (χ0v) is 20.3. The first-order valence-electron chi connectivity index (χ1n) is 11.5. The lowest BCUT2D eigenvalue weighted by molar-refractivity contribution is 0.0984. The van der Waals surface area contributed by atoms with E-state index in [-0.39, 0.29) is 5.91 Å². The molecule has 170 valence electrons. The van der Waals surface area contributed by atoms with Gasteiger partial charge in [0.2, 0.25) is 0 Å². The molecular weight excluding hydrogens is 428 g/mol. The minimum Gasteiger partial charge on any atom is -0.494 e. The van der Waals surface area contributed by atoms with Crippen LogP contribution in [-0.2, 0) is 6.54 Å². The Balaban J connectivity index is 1.72. The molecule has 33 heavy (non-hydrogen) atoms. The Hall–Kier alpha value is -3.18. The lowest BCUT2D eigenvalue weighted by atomic mass is 10.0. The van der Waals surface area contributed by atoms with Gasteiger partial charge in [-0.3, -0.25) is 9.69 Å². The Morgan fingerprint density at radius 1 is 1.03 bits per heavy atom. The Morgan fingerprint density at radius 2 is 1.82 bits per heavy atom. The molecule has 0 saturated heterocycles. The van der Waals surface area contributed by atoms with Crippen LogP contribution in [0.15, 0.2) is 72.8 Å². The maximum Gasteiger partial charge on any atom is 0.260 e. The van der Waals surface area contributed by atoms with Crippen LogP contribution in [0.25, 0.3) is 10.2 Å². The first-order chi connectivity index (χ1) is 16.1. The smallest absolute Gasteiger partial charge is 0.260 e. The number of carbonyl (C=O) groups excluding carboxylic acids is 1. The molecular formula is C28H30N2O2S. The lowest BCUT2D eigenvalue weighted by Crippen LogP contribution is -2.30. The summed E-state index contributed by atoms with van der Waals surface area (Å²) in [7, 11) is 0. The van der Waals surface area contributed by atoms with E-state index >= 15 is 0 Å².